The first-order valence-corrected chi connectivity index (χ1v) is 13.5. The lowest BCUT2D eigenvalue weighted by Gasteiger charge is -2.42. The summed E-state index contributed by atoms with van der Waals surface area (Å²) in [6.45, 7) is 0.797. The number of ether oxygens (including phenoxy) is 5. The molecule has 0 spiro atoms. The number of hydrogen-bond donors (Lipinski definition) is 10. The van der Waals surface area contributed by atoms with E-state index in [-0.39, 0.29) is 11.1 Å². The van der Waals surface area contributed by atoms with Crippen molar-refractivity contribution in [2.75, 3.05) is 13.7 Å². The van der Waals surface area contributed by atoms with Gasteiger partial charge in [0, 0.05) is 11.6 Å². The van der Waals surface area contributed by atoms with Crippen LogP contribution in [0.3, 0.4) is 0 Å². The first-order valence-electron chi connectivity index (χ1n) is 13.5. The quantitative estimate of drug-likeness (QED) is 0.129. The van der Waals surface area contributed by atoms with E-state index in [1.807, 2.05) is 0 Å². The van der Waals surface area contributed by atoms with E-state index in [0.29, 0.717) is 0 Å². The van der Waals surface area contributed by atoms with Gasteiger partial charge in [-0.2, -0.15) is 0 Å². The second-order valence-corrected chi connectivity index (χ2v) is 10.6. The van der Waals surface area contributed by atoms with Crippen LogP contribution in [0.5, 0.6) is 34.5 Å². The Kier molecular flexibility index (Phi) is 9.00. The number of phenolic OH excluding ortho intramolecular Hbond substituents is 4. The van der Waals surface area contributed by atoms with Gasteiger partial charge in [-0.15, -0.1) is 0 Å². The summed E-state index contributed by atoms with van der Waals surface area (Å²) < 4.78 is 32.9. The van der Waals surface area contributed by atoms with E-state index in [0.717, 1.165) is 25.3 Å². The molecule has 17 nitrogen and oxygen atoms in total. The fraction of sp³-hybridized carbons (Fsp3) is 0.464. The Labute approximate surface area is 252 Å². The number of aromatic hydroxyl groups is 4. The second kappa shape index (κ2) is 12.5. The molecule has 0 unspecified atom stereocenters. The molecule has 0 saturated carbocycles. The van der Waals surface area contributed by atoms with Gasteiger partial charge in [-0.1, -0.05) is 0 Å². The predicted octanol–water partition coefficient (Wildman–Crippen LogP) is -1.68. The van der Waals surface area contributed by atoms with Crippen molar-refractivity contribution in [1.29, 1.82) is 0 Å². The van der Waals surface area contributed by atoms with E-state index in [1.54, 1.807) is 0 Å². The molecule has 0 amide bonds. The Balaban J connectivity index is 1.51. The number of fused-ring (bicyclic) bond motifs is 1. The van der Waals surface area contributed by atoms with Crippen molar-refractivity contribution >= 4 is 11.0 Å². The molecule has 2 fully saturated rings. The maximum absolute atomic E-state index is 13.8. The lowest BCUT2D eigenvalue weighted by Crippen LogP contribution is -2.61. The predicted molar refractivity (Wildman–Crippen MR) is 147 cm³/mol. The van der Waals surface area contributed by atoms with Gasteiger partial charge in [0.25, 0.3) is 0 Å². The summed E-state index contributed by atoms with van der Waals surface area (Å²) in [6, 6.07) is 4.27. The third-order valence-electron chi connectivity index (χ3n) is 7.63. The molecule has 5 rings (SSSR count). The minimum absolute atomic E-state index is 0.0573. The minimum atomic E-state index is -2.00. The van der Waals surface area contributed by atoms with Crippen LogP contribution >= 0.6 is 0 Å². The van der Waals surface area contributed by atoms with Crippen LogP contribution in [0, 0.1) is 0 Å². The monoisotopic (exact) mass is 640 g/mol. The number of methoxy groups -OCH3 is 1. The van der Waals surface area contributed by atoms with Crippen molar-refractivity contribution in [2.24, 2.45) is 0 Å². The minimum Gasteiger partial charge on any atom is -0.504 e. The molecule has 3 aromatic rings. The van der Waals surface area contributed by atoms with E-state index in [2.05, 4.69) is 0 Å². The van der Waals surface area contributed by atoms with Crippen molar-refractivity contribution in [1.82, 2.24) is 0 Å². The molecule has 3 heterocycles. The average Bonchev–Trinajstić information content (AvgIpc) is 3.00. The first-order chi connectivity index (χ1) is 21.2. The van der Waals surface area contributed by atoms with E-state index in [1.165, 1.54) is 13.0 Å². The number of hydrogen-bond acceptors (Lipinski definition) is 17. The van der Waals surface area contributed by atoms with Crippen LogP contribution in [0.4, 0.5) is 0 Å². The van der Waals surface area contributed by atoms with Crippen molar-refractivity contribution in [2.45, 2.75) is 68.3 Å². The summed E-state index contributed by atoms with van der Waals surface area (Å²) in [7, 11) is 1.12. The van der Waals surface area contributed by atoms with Gasteiger partial charge in [0.1, 0.15) is 53.7 Å². The van der Waals surface area contributed by atoms with Crippen molar-refractivity contribution in [3.05, 3.63) is 34.5 Å². The highest BCUT2D eigenvalue weighted by Crippen LogP contribution is 2.44. The van der Waals surface area contributed by atoms with Gasteiger partial charge in [-0.3, -0.25) is 4.79 Å². The Hall–Kier alpha value is -3.91. The van der Waals surface area contributed by atoms with Crippen LogP contribution in [0.2, 0.25) is 0 Å². The summed E-state index contributed by atoms with van der Waals surface area (Å²) in [5.41, 5.74) is -1.50. The largest absolute Gasteiger partial charge is 0.504 e. The van der Waals surface area contributed by atoms with Gasteiger partial charge >= 0.3 is 0 Å². The van der Waals surface area contributed by atoms with Gasteiger partial charge < -0.3 is 79.2 Å². The highest BCUT2D eigenvalue weighted by molar-refractivity contribution is 5.91. The molecule has 0 radical (unpaired) electrons. The maximum Gasteiger partial charge on any atom is 0.239 e. The average molecular weight is 641 g/mol. The van der Waals surface area contributed by atoms with Crippen molar-refractivity contribution in [3.63, 3.8) is 0 Å². The Morgan fingerprint density at radius 1 is 0.756 bits per heavy atom. The Morgan fingerprint density at radius 2 is 1.42 bits per heavy atom. The third-order valence-corrected chi connectivity index (χ3v) is 7.63. The highest BCUT2D eigenvalue weighted by atomic mass is 16.7. The van der Waals surface area contributed by atoms with E-state index in [9.17, 15) is 55.9 Å². The molecule has 2 aliphatic heterocycles. The standard InChI is InChI=1S/C28H32O17/c1-8-16(32)20(36)22(38)27(42-8)41-7-14-17(33)21(37)23(39)28(44-14)45-26-19(35)15-13(6-12(31)25(40-2)18(15)34)43-24(26)9-3-4-10(29)11(30)5-9/h3-6,8,14,16-17,20-23,27-34,36-39H,7H2,1-2H3/t8-,14-,16-,17-,20-,21-,22+,23-,27+,28-/m0/s1. The second-order valence-electron chi connectivity index (χ2n) is 10.6. The molecule has 2 saturated heterocycles. The smallest absolute Gasteiger partial charge is 0.239 e. The van der Waals surface area contributed by atoms with Gasteiger partial charge in [0.05, 0.1) is 19.8 Å². The number of aliphatic hydroxyl groups is 6. The fourth-order valence-electron chi connectivity index (χ4n) is 5.06. The lowest BCUT2D eigenvalue weighted by atomic mass is 9.98. The zero-order valence-corrected chi connectivity index (χ0v) is 23.6. The number of aliphatic hydroxyl groups excluding tert-OH is 6. The summed E-state index contributed by atoms with van der Waals surface area (Å²) in [4.78, 5) is 13.8. The van der Waals surface area contributed by atoms with Gasteiger partial charge in [-0.05, 0) is 25.1 Å². The van der Waals surface area contributed by atoms with Gasteiger partial charge in [0.15, 0.2) is 35.0 Å². The van der Waals surface area contributed by atoms with Crippen LogP contribution in [0.25, 0.3) is 22.3 Å². The Morgan fingerprint density at radius 3 is 2.09 bits per heavy atom. The maximum atomic E-state index is 13.8. The van der Waals surface area contributed by atoms with Crippen LogP contribution in [0.15, 0.2) is 33.5 Å². The first kappa shape index (κ1) is 32.5. The highest BCUT2D eigenvalue weighted by Gasteiger charge is 2.48. The lowest BCUT2D eigenvalue weighted by molar-refractivity contribution is -0.318. The molecule has 0 bridgehead atoms. The molecule has 10 N–H and O–H groups in total. The summed E-state index contributed by atoms with van der Waals surface area (Å²) in [5, 5.41) is 102. The molecular formula is C28H32O17. The van der Waals surface area contributed by atoms with E-state index < -0.39 is 119 Å². The normalized spacial score (nSPS) is 32.0. The molecule has 2 aromatic carbocycles. The summed E-state index contributed by atoms with van der Waals surface area (Å²) in [5.74, 6) is -4.20. The molecule has 246 valence electrons. The van der Waals surface area contributed by atoms with Crippen molar-refractivity contribution < 1.29 is 79.2 Å². The molecule has 17 heteroatoms. The zero-order chi connectivity index (χ0) is 32.9. The molecule has 0 aliphatic carbocycles. The SMILES string of the molecule is COc1c(O)cc2oc(-c3ccc(O)c(O)c3)c(O[C@@H]3O[C@@H](CO[C@@H]4O[C@@H](C)[C@H](O)[C@H](O)[C@H]4O)[C@H](O)[C@H](O)[C@@H]3O)c(=O)c2c1O. The number of benzene rings is 2. The molecular weight excluding hydrogens is 608 g/mol. The van der Waals surface area contributed by atoms with Crippen LogP contribution in [-0.4, -0.2) is 126 Å². The summed E-state index contributed by atoms with van der Waals surface area (Å²) >= 11 is 0. The Bertz CT molecular complexity index is 1610. The molecule has 10 atom stereocenters. The number of rotatable bonds is 7. The molecule has 1 aromatic heterocycles. The number of phenols is 4. The van der Waals surface area contributed by atoms with E-state index >= 15 is 0 Å². The van der Waals surface area contributed by atoms with Crippen LogP contribution in [0.1, 0.15) is 6.92 Å². The van der Waals surface area contributed by atoms with Gasteiger partial charge in [-0.25, -0.2) is 0 Å². The van der Waals surface area contributed by atoms with Crippen LogP contribution in [-0.2, 0) is 14.2 Å². The fourth-order valence-corrected chi connectivity index (χ4v) is 5.06. The van der Waals surface area contributed by atoms with E-state index in [4.69, 9.17) is 28.1 Å². The molecule has 2 aliphatic rings. The third kappa shape index (κ3) is 5.81. The zero-order valence-electron chi connectivity index (χ0n) is 23.6. The molecule has 45 heavy (non-hydrogen) atoms. The van der Waals surface area contributed by atoms with Gasteiger partial charge in [0.2, 0.25) is 23.2 Å². The topological polar surface area (TPSA) is 279 Å². The summed E-state index contributed by atoms with van der Waals surface area (Å²) in [6.07, 6.45) is -16.3. The van der Waals surface area contributed by atoms with Crippen LogP contribution < -0.4 is 14.9 Å². The van der Waals surface area contributed by atoms with Crippen molar-refractivity contribution in [3.8, 4) is 45.8 Å².